The molecule has 2 aromatic rings. The minimum atomic E-state index is -0.133. The second-order valence-electron chi connectivity index (χ2n) is 4.73. The highest BCUT2D eigenvalue weighted by molar-refractivity contribution is 5.76. The third-order valence-corrected chi connectivity index (χ3v) is 3.11. The molecule has 2 heterocycles. The largest absolute Gasteiger partial charge is 0.346 e. The number of unbranched alkanes of at least 4 members (excludes halogenated alkanes) is 2. The fraction of sp³-hybridized carbons (Fsp3) is 0.500. The van der Waals surface area contributed by atoms with E-state index in [1.807, 2.05) is 35.7 Å². The number of nitrogens with one attached hydrogen (secondary N) is 1. The van der Waals surface area contributed by atoms with E-state index >= 15 is 0 Å². The highest BCUT2D eigenvalue weighted by Gasteiger charge is 2.15. The number of amides is 1. The molecule has 0 aliphatic heterocycles. The summed E-state index contributed by atoms with van der Waals surface area (Å²) in [5.74, 6) is 0.841. The van der Waals surface area contributed by atoms with Crippen molar-refractivity contribution in [3.05, 3.63) is 30.2 Å². The summed E-state index contributed by atoms with van der Waals surface area (Å²) >= 11 is 0. The molecular formula is C14H20N4O. The predicted molar refractivity (Wildman–Crippen MR) is 73.7 cm³/mol. The van der Waals surface area contributed by atoms with Gasteiger partial charge in [0.1, 0.15) is 0 Å². The van der Waals surface area contributed by atoms with E-state index in [9.17, 15) is 4.79 Å². The molecular weight excluding hydrogens is 240 g/mol. The van der Waals surface area contributed by atoms with Crippen molar-refractivity contribution < 1.29 is 4.79 Å². The summed E-state index contributed by atoms with van der Waals surface area (Å²) in [5, 5.41) is 11.2. The van der Waals surface area contributed by atoms with E-state index in [4.69, 9.17) is 0 Å². The predicted octanol–water partition coefficient (Wildman–Crippen LogP) is 2.49. The Hall–Kier alpha value is -1.91. The summed E-state index contributed by atoms with van der Waals surface area (Å²) in [5.41, 5.74) is 0.796. The van der Waals surface area contributed by atoms with Gasteiger partial charge in [-0.3, -0.25) is 9.20 Å². The van der Waals surface area contributed by atoms with Crippen LogP contribution in [-0.2, 0) is 4.79 Å². The Labute approximate surface area is 113 Å². The second kappa shape index (κ2) is 6.31. The van der Waals surface area contributed by atoms with Crippen molar-refractivity contribution in [2.75, 3.05) is 0 Å². The van der Waals surface area contributed by atoms with Crippen molar-refractivity contribution in [2.45, 2.75) is 45.6 Å². The zero-order valence-electron chi connectivity index (χ0n) is 11.5. The van der Waals surface area contributed by atoms with Crippen LogP contribution in [0, 0.1) is 0 Å². The molecule has 19 heavy (non-hydrogen) atoms. The first-order valence-electron chi connectivity index (χ1n) is 6.81. The maximum absolute atomic E-state index is 11.8. The van der Waals surface area contributed by atoms with Crippen molar-refractivity contribution in [2.24, 2.45) is 0 Å². The summed E-state index contributed by atoms with van der Waals surface area (Å²) in [6.07, 6.45) is 5.64. The molecule has 0 bridgehead atoms. The minimum absolute atomic E-state index is 0.0774. The number of nitrogens with zero attached hydrogens (tertiary/aromatic N) is 3. The Morgan fingerprint density at radius 3 is 3.00 bits per heavy atom. The van der Waals surface area contributed by atoms with Gasteiger partial charge < -0.3 is 5.32 Å². The zero-order chi connectivity index (χ0) is 13.7. The number of aromatic nitrogens is 3. The Bertz CT molecular complexity index is 549. The summed E-state index contributed by atoms with van der Waals surface area (Å²) in [6, 6.07) is 5.61. The SMILES string of the molecule is CCCCCC(=O)NC(C)c1nnc2ccccn12. The lowest BCUT2D eigenvalue weighted by molar-refractivity contribution is -0.121. The first kappa shape index (κ1) is 13.5. The van der Waals surface area contributed by atoms with E-state index in [1.54, 1.807) is 0 Å². The van der Waals surface area contributed by atoms with Crippen LogP contribution in [0.3, 0.4) is 0 Å². The molecule has 0 saturated heterocycles. The van der Waals surface area contributed by atoms with Gasteiger partial charge in [-0.25, -0.2) is 0 Å². The van der Waals surface area contributed by atoms with Crippen molar-refractivity contribution in [3.63, 3.8) is 0 Å². The Morgan fingerprint density at radius 1 is 1.37 bits per heavy atom. The van der Waals surface area contributed by atoms with E-state index in [1.165, 1.54) is 0 Å². The molecule has 0 aromatic carbocycles. The lowest BCUT2D eigenvalue weighted by Gasteiger charge is -2.12. The Kier molecular flexibility index (Phi) is 4.49. The normalized spacial score (nSPS) is 12.5. The molecule has 0 radical (unpaired) electrons. The molecule has 5 heteroatoms. The van der Waals surface area contributed by atoms with Crippen LogP contribution < -0.4 is 5.32 Å². The van der Waals surface area contributed by atoms with Crippen LogP contribution in [0.1, 0.15) is 51.4 Å². The van der Waals surface area contributed by atoms with Gasteiger partial charge in [-0.05, 0) is 25.5 Å². The van der Waals surface area contributed by atoms with Crippen molar-refractivity contribution in [1.82, 2.24) is 19.9 Å². The van der Waals surface area contributed by atoms with Crippen LogP contribution in [0.2, 0.25) is 0 Å². The van der Waals surface area contributed by atoms with E-state index in [0.717, 1.165) is 30.7 Å². The monoisotopic (exact) mass is 260 g/mol. The lowest BCUT2D eigenvalue weighted by atomic mass is 10.2. The molecule has 1 atom stereocenters. The van der Waals surface area contributed by atoms with Crippen molar-refractivity contribution in [1.29, 1.82) is 0 Å². The molecule has 5 nitrogen and oxygen atoms in total. The number of pyridine rings is 1. The number of rotatable bonds is 6. The lowest BCUT2D eigenvalue weighted by Crippen LogP contribution is -2.27. The van der Waals surface area contributed by atoms with E-state index < -0.39 is 0 Å². The van der Waals surface area contributed by atoms with Crippen LogP contribution in [0.5, 0.6) is 0 Å². The van der Waals surface area contributed by atoms with E-state index in [-0.39, 0.29) is 11.9 Å². The van der Waals surface area contributed by atoms with Crippen LogP contribution in [0.15, 0.2) is 24.4 Å². The summed E-state index contributed by atoms with van der Waals surface area (Å²) in [7, 11) is 0. The maximum atomic E-state index is 11.8. The van der Waals surface area contributed by atoms with Gasteiger partial charge in [0.05, 0.1) is 6.04 Å². The first-order valence-corrected chi connectivity index (χ1v) is 6.81. The van der Waals surface area contributed by atoms with Crippen molar-refractivity contribution in [3.8, 4) is 0 Å². The van der Waals surface area contributed by atoms with E-state index in [0.29, 0.717) is 6.42 Å². The number of hydrogen-bond acceptors (Lipinski definition) is 3. The highest BCUT2D eigenvalue weighted by atomic mass is 16.1. The summed E-state index contributed by atoms with van der Waals surface area (Å²) < 4.78 is 1.90. The molecule has 0 aliphatic rings. The van der Waals surface area contributed by atoms with Crippen LogP contribution in [0.25, 0.3) is 5.65 Å². The molecule has 2 rings (SSSR count). The molecule has 0 aliphatic carbocycles. The van der Waals surface area contributed by atoms with Gasteiger partial charge in [-0.1, -0.05) is 25.8 Å². The molecule has 0 saturated carbocycles. The molecule has 2 aromatic heterocycles. The smallest absolute Gasteiger partial charge is 0.220 e. The average molecular weight is 260 g/mol. The number of hydrogen-bond donors (Lipinski definition) is 1. The molecule has 1 unspecified atom stereocenters. The molecule has 0 spiro atoms. The molecule has 0 fully saturated rings. The van der Waals surface area contributed by atoms with E-state index in [2.05, 4.69) is 22.4 Å². The van der Waals surface area contributed by atoms with Gasteiger partial charge in [-0.2, -0.15) is 0 Å². The maximum Gasteiger partial charge on any atom is 0.220 e. The van der Waals surface area contributed by atoms with Gasteiger partial charge in [0.15, 0.2) is 11.5 Å². The minimum Gasteiger partial charge on any atom is -0.346 e. The van der Waals surface area contributed by atoms with Gasteiger partial charge in [-0.15, -0.1) is 10.2 Å². The van der Waals surface area contributed by atoms with Gasteiger partial charge in [0, 0.05) is 12.6 Å². The Morgan fingerprint density at radius 2 is 2.21 bits per heavy atom. The zero-order valence-corrected chi connectivity index (χ0v) is 11.5. The molecule has 1 N–H and O–H groups in total. The average Bonchev–Trinajstić information content (AvgIpc) is 2.83. The number of carbonyl (C=O) groups is 1. The summed E-state index contributed by atoms with van der Waals surface area (Å²) in [4.78, 5) is 11.8. The van der Waals surface area contributed by atoms with Gasteiger partial charge in [0.2, 0.25) is 5.91 Å². The fourth-order valence-corrected chi connectivity index (χ4v) is 2.07. The van der Waals surface area contributed by atoms with Crippen LogP contribution in [-0.4, -0.2) is 20.5 Å². The fourth-order valence-electron chi connectivity index (χ4n) is 2.07. The quantitative estimate of drug-likeness (QED) is 0.812. The highest BCUT2D eigenvalue weighted by Crippen LogP contribution is 2.12. The third-order valence-electron chi connectivity index (χ3n) is 3.11. The van der Waals surface area contributed by atoms with Gasteiger partial charge in [0.25, 0.3) is 0 Å². The second-order valence-corrected chi connectivity index (χ2v) is 4.73. The molecule has 102 valence electrons. The first-order chi connectivity index (χ1) is 9.22. The topological polar surface area (TPSA) is 59.3 Å². The summed E-state index contributed by atoms with van der Waals surface area (Å²) in [6.45, 7) is 4.06. The van der Waals surface area contributed by atoms with Crippen LogP contribution >= 0.6 is 0 Å². The third kappa shape index (κ3) is 3.30. The van der Waals surface area contributed by atoms with Gasteiger partial charge >= 0.3 is 0 Å². The standard InChI is InChI=1S/C14H20N4O/c1-3-4-5-9-13(19)15-11(2)14-17-16-12-8-6-7-10-18(12)14/h6-8,10-11H,3-5,9H2,1-2H3,(H,15,19). The Balaban J connectivity index is 1.99. The van der Waals surface area contributed by atoms with Crippen LogP contribution in [0.4, 0.5) is 0 Å². The van der Waals surface area contributed by atoms with Crippen molar-refractivity contribution >= 4 is 11.6 Å². The number of fused-ring (bicyclic) bond motifs is 1. The number of carbonyl (C=O) groups excluding carboxylic acids is 1. The molecule has 1 amide bonds.